The van der Waals surface area contributed by atoms with Crippen LogP contribution in [0.3, 0.4) is 0 Å². The summed E-state index contributed by atoms with van der Waals surface area (Å²) < 4.78 is 39.1. The summed E-state index contributed by atoms with van der Waals surface area (Å²) >= 11 is 0. The summed E-state index contributed by atoms with van der Waals surface area (Å²) in [6.45, 7) is 11.6. The number of ether oxygens (including phenoxy) is 2. The number of esters is 1. The van der Waals surface area contributed by atoms with E-state index in [4.69, 9.17) is 29.2 Å². The molecule has 12 heteroatoms. The van der Waals surface area contributed by atoms with Gasteiger partial charge in [0.15, 0.2) is 5.82 Å². The molecule has 0 amide bonds. The molecule has 0 spiro atoms. The Bertz CT molecular complexity index is 1570. The first kappa shape index (κ1) is 30.5. The number of nitrogens with zero attached hydrogens (tertiary/aromatic N) is 3. The molecule has 2 heterocycles. The van der Waals surface area contributed by atoms with Gasteiger partial charge in [0.2, 0.25) is 0 Å². The lowest BCUT2D eigenvalue weighted by molar-refractivity contribution is -0.149. The Morgan fingerprint density at radius 3 is 2.56 bits per heavy atom. The predicted molar refractivity (Wildman–Crippen MR) is 159 cm³/mol. The predicted octanol–water partition coefficient (Wildman–Crippen LogP) is 5.53. The van der Waals surface area contributed by atoms with Gasteiger partial charge in [0.1, 0.15) is 29.7 Å². The van der Waals surface area contributed by atoms with Crippen LogP contribution in [0.2, 0.25) is 0 Å². The van der Waals surface area contributed by atoms with Crippen molar-refractivity contribution in [1.29, 1.82) is 0 Å². The fourth-order valence-corrected chi connectivity index (χ4v) is 6.11. The van der Waals surface area contributed by atoms with Crippen molar-refractivity contribution < 1.29 is 27.9 Å². The average Bonchev–Trinajstić information content (AvgIpc) is 3.25. The number of anilines is 1. The van der Waals surface area contributed by atoms with E-state index in [9.17, 15) is 9.36 Å². The van der Waals surface area contributed by atoms with E-state index < -0.39 is 25.9 Å². The van der Waals surface area contributed by atoms with Crippen LogP contribution < -0.4 is 15.3 Å². The Hall–Kier alpha value is -3.50. The van der Waals surface area contributed by atoms with Crippen LogP contribution >= 0.6 is 7.75 Å². The molecule has 11 nitrogen and oxygen atoms in total. The SMILES string of the molecule is CCOCc1nc2c(N)nc3ccccc3c2n1C[C@@H](C)O[P@@](=O)(N[C@@H](C)C(=O)OC(C)C)Oc1cccc(C)c1. The lowest BCUT2D eigenvalue weighted by Crippen LogP contribution is -2.37. The van der Waals surface area contributed by atoms with Crippen LogP contribution in [0.25, 0.3) is 21.9 Å². The smallest absolute Gasteiger partial charge is 0.459 e. The number of carbonyl (C=O) groups excluding carboxylic acids is 1. The van der Waals surface area contributed by atoms with Crippen molar-refractivity contribution in [2.24, 2.45) is 0 Å². The molecule has 0 fully saturated rings. The number of aromatic nitrogens is 3. The van der Waals surface area contributed by atoms with Crippen LogP contribution in [-0.2, 0) is 36.5 Å². The number of nitrogen functional groups attached to an aromatic ring is 1. The maximum absolute atomic E-state index is 14.2. The number of para-hydroxylation sites is 1. The highest BCUT2D eigenvalue weighted by Gasteiger charge is 2.35. The number of nitrogens with two attached hydrogens (primary N) is 1. The molecular weight excluding hydrogens is 545 g/mol. The number of hydrogen-bond acceptors (Lipinski definition) is 9. The van der Waals surface area contributed by atoms with E-state index in [0.29, 0.717) is 29.5 Å². The van der Waals surface area contributed by atoms with Crippen molar-refractivity contribution >= 4 is 41.5 Å². The molecular formula is C29H38N5O6P. The largest absolute Gasteiger partial charge is 0.462 e. The second-order valence-electron chi connectivity index (χ2n) is 10.1. The van der Waals surface area contributed by atoms with Gasteiger partial charge in [-0.15, -0.1) is 0 Å². The minimum atomic E-state index is -4.10. The first-order valence-corrected chi connectivity index (χ1v) is 15.2. The molecule has 2 aromatic carbocycles. The molecule has 0 radical (unpaired) electrons. The van der Waals surface area contributed by atoms with Crippen molar-refractivity contribution in [3.63, 3.8) is 0 Å². The summed E-state index contributed by atoms with van der Waals surface area (Å²) in [4.78, 5) is 21.8. The van der Waals surface area contributed by atoms with E-state index in [2.05, 4.69) is 10.1 Å². The molecule has 3 atom stereocenters. The Morgan fingerprint density at radius 1 is 1.10 bits per heavy atom. The van der Waals surface area contributed by atoms with Gasteiger partial charge in [0.25, 0.3) is 0 Å². The number of pyridine rings is 1. The van der Waals surface area contributed by atoms with Crippen LogP contribution in [0, 0.1) is 6.92 Å². The fraction of sp³-hybridized carbons (Fsp3) is 0.414. The van der Waals surface area contributed by atoms with Gasteiger partial charge >= 0.3 is 13.7 Å². The molecule has 2 aromatic heterocycles. The number of rotatable bonds is 13. The molecule has 0 saturated carbocycles. The number of aryl methyl sites for hydroxylation is 1. The quantitative estimate of drug-likeness (QED) is 0.152. The van der Waals surface area contributed by atoms with E-state index in [-0.39, 0.29) is 19.3 Å². The number of benzene rings is 2. The van der Waals surface area contributed by atoms with Crippen molar-refractivity contribution in [2.45, 2.75) is 72.9 Å². The molecule has 4 rings (SSSR count). The third-order valence-corrected chi connectivity index (χ3v) is 7.95. The van der Waals surface area contributed by atoms with E-state index in [0.717, 1.165) is 22.0 Å². The first-order chi connectivity index (χ1) is 19.5. The van der Waals surface area contributed by atoms with Gasteiger partial charge in [-0.1, -0.05) is 30.3 Å². The summed E-state index contributed by atoms with van der Waals surface area (Å²) in [5.74, 6) is 0.695. The normalized spacial score (nSPS) is 14.7. The molecule has 41 heavy (non-hydrogen) atoms. The van der Waals surface area contributed by atoms with E-state index in [1.807, 2.05) is 48.7 Å². The minimum absolute atomic E-state index is 0.236. The number of hydrogen-bond donors (Lipinski definition) is 2. The highest BCUT2D eigenvalue weighted by atomic mass is 31.2. The van der Waals surface area contributed by atoms with Gasteiger partial charge in [-0.2, -0.15) is 5.09 Å². The zero-order chi connectivity index (χ0) is 29.7. The van der Waals surface area contributed by atoms with Crippen LogP contribution in [0.1, 0.15) is 46.0 Å². The molecule has 0 aliphatic rings. The minimum Gasteiger partial charge on any atom is -0.462 e. The van der Waals surface area contributed by atoms with Gasteiger partial charge in [-0.3, -0.25) is 9.32 Å². The topological polar surface area (TPSA) is 140 Å². The molecule has 0 unspecified atom stereocenters. The molecule has 3 N–H and O–H groups in total. The van der Waals surface area contributed by atoms with Crippen molar-refractivity contribution in [3.05, 3.63) is 59.9 Å². The fourth-order valence-electron chi connectivity index (χ4n) is 4.45. The summed E-state index contributed by atoms with van der Waals surface area (Å²) in [6, 6.07) is 13.8. The first-order valence-electron chi connectivity index (χ1n) is 13.6. The Kier molecular flexibility index (Phi) is 9.65. The standard InChI is InChI=1S/C29H38N5O6P/c1-7-37-17-25-32-26-27(23-13-8-9-14-24(23)31-28(26)30)34(25)16-20(5)39-41(36,33-21(6)29(35)38-18(2)3)40-22-12-10-11-19(4)15-22/h8-15,18,20-21H,7,16-17H2,1-6H3,(H2,30,31)(H,33,36)/t20-,21+,41+/m1/s1. The summed E-state index contributed by atoms with van der Waals surface area (Å²) in [6.07, 6.45) is -1.00. The van der Waals surface area contributed by atoms with Crippen LogP contribution in [-0.4, -0.2) is 45.4 Å². The Morgan fingerprint density at radius 2 is 1.85 bits per heavy atom. The highest BCUT2D eigenvalue weighted by molar-refractivity contribution is 7.52. The lowest BCUT2D eigenvalue weighted by atomic mass is 10.2. The van der Waals surface area contributed by atoms with Crippen LogP contribution in [0.5, 0.6) is 5.75 Å². The summed E-state index contributed by atoms with van der Waals surface area (Å²) in [7, 11) is -4.10. The second kappa shape index (κ2) is 13.0. The molecule has 0 saturated heterocycles. The monoisotopic (exact) mass is 583 g/mol. The Labute approximate surface area is 239 Å². The third kappa shape index (κ3) is 7.42. The van der Waals surface area contributed by atoms with Crippen LogP contribution in [0.15, 0.2) is 48.5 Å². The third-order valence-electron chi connectivity index (χ3n) is 6.16. The summed E-state index contributed by atoms with van der Waals surface area (Å²) in [5.41, 5.74) is 9.27. The van der Waals surface area contributed by atoms with Gasteiger partial charge in [-0.25, -0.2) is 14.5 Å². The molecule has 4 aromatic rings. The van der Waals surface area contributed by atoms with Crippen molar-refractivity contribution in [1.82, 2.24) is 19.6 Å². The molecule has 0 aliphatic carbocycles. The van der Waals surface area contributed by atoms with E-state index in [1.165, 1.54) is 0 Å². The lowest BCUT2D eigenvalue weighted by Gasteiger charge is -2.26. The van der Waals surface area contributed by atoms with Crippen molar-refractivity contribution in [2.75, 3.05) is 12.3 Å². The maximum Gasteiger partial charge on any atom is 0.459 e. The zero-order valence-corrected chi connectivity index (χ0v) is 25.2. The number of carbonyl (C=O) groups is 1. The van der Waals surface area contributed by atoms with Gasteiger partial charge in [0, 0.05) is 12.0 Å². The highest BCUT2D eigenvalue weighted by Crippen LogP contribution is 2.46. The summed E-state index contributed by atoms with van der Waals surface area (Å²) in [5, 5.41) is 3.62. The second-order valence-corrected chi connectivity index (χ2v) is 11.8. The van der Waals surface area contributed by atoms with E-state index in [1.54, 1.807) is 45.9 Å². The Balaban J connectivity index is 1.69. The van der Waals surface area contributed by atoms with Gasteiger partial charge in [0.05, 0.1) is 29.8 Å². The maximum atomic E-state index is 14.2. The number of fused-ring (bicyclic) bond motifs is 3. The van der Waals surface area contributed by atoms with E-state index >= 15 is 0 Å². The number of imidazole rings is 1. The van der Waals surface area contributed by atoms with Gasteiger partial charge < -0.3 is 24.3 Å². The zero-order valence-electron chi connectivity index (χ0n) is 24.3. The number of nitrogens with one attached hydrogen (secondary N) is 1. The van der Waals surface area contributed by atoms with Crippen LogP contribution in [0.4, 0.5) is 5.82 Å². The van der Waals surface area contributed by atoms with Crippen molar-refractivity contribution in [3.8, 4) is 5.75 Å². The molecule has 220 valence electrons. The van der Waals surface area contributed by atoms with Gasteiger partial charge in [-0.05, 0) is 65.3 Å². The molecule has 0 aliphatic heterocycles. The average molecular weight is 584 g/mol. The molecule has 0 bridgehead atoms.